The van der Waals surface area contributed by atoms with Crippen molar-refractivity contribution in [1.29, 1.82) is 0 Å². The molecule has 146 valence electrons. The van der Waals surface area contributed by atoms with Crippen LogP contribution in [0, 0.1) is 23.2 Å². The standard InChI is InChI=1S/C21H22N2O5/c1-22-16-12(9-24)13-7-8-20(17(16)21(13,10-25)18(22)26)14-5-3-4-6-15(14)23(11-28-2)19(20)27/h3-8,10,12-13,16-17,24H,9,11H2,1-2H3/t12-,13+,16+,17+,20+,21-/m0/s1. The molecule has 2 fully saturated rings. The van der Waals surface area contributed by atoms with Gasteiger partial charge in [0.1, 0.15) is 23.8 Å². The molecule has 4 bridgehead atoms. The molecule has 0 unspecified atom stereocenters. The third-order valence-corrected chi connectivity index (χ3v) is 7.41. The van der Waals surface area contributed by atoms with E-state index in [1.165, 1.54) is 7.11 Å². The zero-order valence-electron chi connectivity index (χ0n) is 15.7. The number of nitrogens with zero attached hydrogens (tertiary/aromatic N) is 2. The summed E-state index contributed by atoms with van der Waals surface area (Å²) in [6.07, 6.45) is 4.43. The lowest BCUT2D eigenvalue weighted by Gasteiger charge is -2.41. The largest absolute Gasteiger partial charge is 0.396 e. The first-order chi connectivity index (χ1) is 13.5. The number of aldehydes is 1. The summed E-state index contributed by atoms with van der Waals surface area (Å²) in [6.45, 7) is -0.0510. The number of hydrogen-bond acceptors (Lipinski definition) is 5. The summed E-state index contributed by atoms with van der Waals surface area (Å²) >= 11 is 0. The molecule has 5 rings (SSSR count). The quantitative estimate of drug-likeness (QED) is 0.461. The number of aliphatic hydroxyl groups excluding tert-OH is 1. The van der Waals surface area contributed by atoms with Gasteiger partial charge in [0.2, 0.25) is 11.8 Å². The number of fused-ring (bicyclic) bond motifs is 2. The maximum atomic E-state index is 13.8. The van der Waals surface area contributed by atoms with Gasteiger partial charge in [0.05, 0.1) is 5.69 Å². The zero-order valence-corrected chi connectivity index (χ0v) is 15.7. The van der Waals surface area contributed by atoms with Gasteiger partial charge < -0.3 is 19.5 Å². The van der Waals surface area contributed by atoms with Crippen LogP contribution in [0.3, 0.4) is 0 Å². The SMILES string of the molecule is COCN1C(=O)[C@]2(C=C[C@@H]3[C@H](CO)[C@@H]4[C@H]2[C@@]3(C=O)C(=O)N4C)c2ccccc21. The molecule has 4 aliphatic rings. The van der Waals surface area contributed by atoms with Crippen molar-refractivity contribution < 1.29 is 24.2 Å². The number of anilines is 1. The molecule has 2 aliphatic heterocycles. The third kappa shape index (κ3) is 1.59. The van der Waals surface area contributed by atoms with Gasteiger partial charge >= 0.3 is 0 Å². The van der Waals surface area contributed by atoms with Gasteiger partial charge in [-0.1, -0.05) is 30.4 Å². The highest BCUT2D eigenvalue weighted by Crippen LogP contribution is 2.68. The van der Waals surface area contributed by atoms with Crippen LogP contribution < -0.4 is 4.90 Å². The smallest absolute Gasteiger partial charge is 0.243 e. The minimum atomic E-state index is -1.33. The van der Waals surface area contributed by atoms with Crippen molar-refractivity contribution >= 4 is 23.8 Å². The van der Waals surface area contributed by atoms with Gasteiger partial charge in [0, 0.05) is 44.6 Å². The number of likely N-dealkylation sites (tertiary alicyclic amines) is 1. The second-order valence-electron chi connectivity index (χ2n) is 8.20. The van der Waals surface area contributed by atoms with Crippen LogP contribution in [0.4, 0.5) is 5.69 Å². The maximum absolute atomic E-state index is 13.8. The second kappa shape index (κ2) is 5.52. The van der Waals surface area contributed by atoms with Crippen molar-refractivity contribution in [3.63, 3.8) is 0 Å². The Labute approximate surface area is 162 Å². The highest BCUT2D eigenvalue weighted by Gasteiger charge is 2.79. The van der Waals surface area contributed by atoms with Gasteiger partial charge in [-0.05, 0) is 11.6 Å². The lowest BCUT2D eigenvalue weighted by atomic mass is 9.56. The van der Waals surface area contributed by atoms with E-state index in [4.69, 9.17) is 4.74 Å². The van der Waals surface area contributed by atoms with Crippen LogP contribution in [0.1, 0.15) is 5.56 Å². The molecule has 1 saturated heterocycles. The lowest BCUT2D eigenvalue weighted by molar-refractivity contribution is -0.147. The average molecular weight is 382 g/mol. The fourth-order valence-corrected chi connectivity index (χ4v) is 6.49. The number of carbonyl (C=O) groups is 3. The van der Waals surface area contributed by atoms with E-state index in [0.29, 0.717) is 0 Å². The molecule has 1 aromatic rings. The molecule has 7 heteroatoms. The van der Waals surface area contributed by atoms with Crippen molar-refractivity contribution in [3.8, 4) is 0 Å². The Bertz CT molecular complexity index is 929. The first kappa shape index (κ1) is 17.6. The third-order valence-electron chi connectivity index (χ3n) is 7.41. The number of benzene rings is 1. The van der Waals surface area contributed by atoms with E-state index in [-0.39, 0.29) is 37.1 Å². The van der Waals surface area contributed by atoms with Crippen LogP contribution in [0.15, 0.2) is 36.4 Å². The average Bonchev–Trinajstić information content (AvgIpc) is 3.17. The van der Waals surface area contributed by atoms with Crippen LogP contribution in [-0.4, -0.2) is 61.6 Å². The number of aliphatic hydroxyl groups is 1. The molecule has 0 radical (unpaired) electrons. The van der Waals surface area contributed by atoms with Crippen molar-refractivity contribution in [2.45, 2.75) is 11.5 Å². The number of amides is 2. The van der Waals surface area contributed by atoms with Crippen LogP contribution in [-0.2, 0) is 24.5 Å². The summed E-state index contributed by atoms with van der Waals surface area (Å²) in [6, 6.07) is 7.09. The molecule has 1 saturated carbocycles. The molecule has 1 N–H and O–H groups in total. The molecule has 28 heavy (non-hydrogen) atoms. The minimum absolute atomic E-state index is 0.0908. The van der Waals surface area contributed by atoms with Crippen LogP contribution >= 0.6 is 0 Å². The number of ether oxygens (including phenoxy) is 1. The van der Waals surface area contributed by atoms with E-state index in [9.17, 15) is 19.5 Å². The van der Waals surface area contributed by atoms with Gasteiger partial charge in [0.15, 0.2) is 0 Å². The number of hydrogen-bond donors (Lipinski definition) is 1. The number of allylic oxidation sites excluding steroid dienone is 1. The molecule has 7 nitrogen and oxygen atoms in total. The summed E-state index contributed by atoms with van der Waals surface area (Å²) in [5.41, 5.74) is -0.926. The van der Waals surface area contributed by atoms with Crippen molar-refractivity contribution in [3.05, 3.63) is 42.0 Å². The molecule has 2 aliphatic carbocycles. The van der Waals surface area contributed by atoms with Crippen molar-refractivity contribution in [2.75, 3.05) is 32.4 Å². The predicted molar refractivity (Wildman–Crippen MR) is 99.2 cm³/mol. The number of carbonyl (C=O) groups excluding carboxylic acids is 3. The van der Waals surface area contributed by atoms with E-state index in [1.807, 2.05) is 36.4 Å². The van der Waals surface area contributed by atoms with E-state index < -0.39 is 22.7 Å². The van der Waals surface area contributed by atoms with Gasteiger partial charge in [0.25, 0.3) is 0 Å². The van der Waals surface area contributed by atoms with Crippen LogP contribution in [0.25, 0.3) is 0 Å². The second-order valence-corrected chi connectivity index (χ2v) is 8.20. The summed E-state index contributed by atoms with van der Waals surface area (Å²) in [5, 5.41) is 10.1. The first-order valence-electron chi connectivity index (χ1n) is 9.45. The molecule has 2 heterocycles. The summed E-state index contributed by atoms with van der Waals surface area (Å²) in [4.78, 5) is 42.6. The van der Waals surface area contributed by atoms with Gasteiger partial charge in [-0.3, -0.25) is 14.5 Å². The topological polar surface area (TPSA) is 87.1 Å². The molecular formula is C21H22N2O5. The molecular weight excluding hydrogens is 360 g/mol. The number of para-hydroxylation sites is 1. The normalized spacial score (nSPS) is 40.0. The van der Waals surface area contributed by atoms with Crippen LogP contribution in [0.5, 0.6) is 0 Å². The molecule has 0 aromatic heterocycles. The van der Waals surface area contributed by atoms with Crippen molar-refractivity contribution in [2.24, 2.45) is 23.2 Å². The minimum Gasteiger partial charge on any atom is -0.396 e. The van der Waals surface area contributed by atoms with E-state index >= 15 is 0 Å². The van der Waals surface area contributed by atoms with Gasteiger partial charge in [-0.15, -0.1) is 0 Å². The fourth-order valence-electron chi connectivity index (χ4n) is 6.49. The number of piperidine rings is 1. The Morgan fingerprint density at radius 1 is 1.25 bits per heavy atom. The monoisotopic (exact) mass is 382 g/mol. The first-order valence-corrected chi connectivity index (χ1v) is 9.45. The summed E-state index contributed by atoms with van der Waals surface area (Å²) in [7, 11) is 3.19. The van der Waals surface area contributed by atoms with Gasteiger partial charge in [-0.25, -0.2) is 0 Å². The van der Waals surface area contributed by atoms with Crippen molar-refractivity contribution in [1.82, 2.24) is 4.90 Å². The van der Waals surface area contributed by atoms with E-state index in [1.54, 1.807) is 16.8 Å². The Balaban J connectivity index is 1.80. The van der Waals surface area contributed by atoms with E-state index in [0.717, 1.165) is 17.5 Å². The molecule has 1 aromatic carbocycles. The van der Waals surface area contributed by atoms with Gasteiger partial charge in [-0.2, -0.15) is 0 Å². The highest BCUT2D eigenvalue weighted by molar-refractivity contribution is 6.13. The summed E-state index contributed by atoms with van der Waals surface area (Å²) in [5.74, 6) is -1.67. The lowest BCUT2D eigenvalue weighted by Crippen LogP contribution is -2.55. The Hall–Kier alpha value is -2.51. The predicted octanol–water partition coefficient (Wildman–Crippen LogP) is 0.325. The van der Waals surface area contributed by atoms with E-state index in [2.05, 4.69) is 0 Å². The fraction of sp³-hybridized carbons (Fsp3) is 0.476. The Kier molecular flexibility index (Phi) is 3.46. The Morgan fingerprint density at radius 2 is 2.00 bits per heavy atom. The number of rotatable bonds is 4. The summed E-state index contributed by atoms with van der Waals surface area (Å²) < 4.78 is 5.27. The number of methoxy groups -OCH3 is 1. The zero-order chi connectivity index (χ0) is 19.8. The molecule has 1 spiro atoms. The Morgan fingerprint density at radius 3 is 2.68 bits per heavy atom. The highest BCUT2D eigenvalue weighted by atomic mass is 16.5. The van der Waals surface area contributed by atoms with Crippen LogP contribution in [0.2, 0.25) is 0 Å². The maximum Gasteiger partial charge on any atom is 0.243 e. The molecule has 2 amide bonds. The molecule has 6 atom stereocenters.